The molecule has 0 unspecified atom stereocenters. The van der Waals surface area contributed by atoms with Crippen molar-refractivity contribution in [2.75, 3.05) is 12.8 Å². The lowest BCUT2D eigenvalue weighted by Crippen LogP contribution is -2.24. The first-order chi connectivity index (χ1) is 9.20. The molecule has 1 aromatic heterocycles. The van der Waals surface area contributed by atoms with E-state index in [1.54, 1.807) is 24.4 Å². The summed E-state index contributed by atoms with van der Waals surface area (Å²) in [4.78, 5) is 16.0. The summed E-state index contributed by atoms with van der Waals surface area (Å²) < 4.78 is 5.09. The zero-order valence-corrected chi connectivity index (χ0v) is 10.6. The number of carbonyl (C=O) groups excluding carboxylic acids is 1. The first kappa shape index (κ1) is 12.9. The van der Waals surface area contributed by atoms with Gasteiger partial charge in [-0.3, -0.25) is 4.79 Å². The van der Waals surface area contributed by atoms with E-state index in [-0.39, 0.29) is 11.6 Å². The van der Waals surface area contributed by atoms with Crippen molar-refractivity contribution in [2.24, 2.45) is 0 Å². The van der Waals surface area contributed by atoms with E-state index in [0.717, 1.165) is 5.56 Å². The molecule has 0 bridgehead atoms. The number of amides is 1. The number of nitrogens with one attached hydrogen (secondary N) is 1. The van der Waals surface area contributed by atoms with Crippen LogP contribution >= 0.6 is 0 Å². The third-order valence-corrected chi connectivity index (χ3v) is 2.61. The normalized spacial score (nSPS) is 9.95. The van der Waals surface area contributed by atoms with E-state index < -0.39 is 0 Å². The van der Waals surface area contributed by atoms with Gasteiger partial charge in [0.2, 0.25) is 0 Å². The highest BCUT2D eigenvalue weighted by molar-refractivity contribution is 5.94. The topological polar surface area (TPSA) is 77.2 Å². The van der Waals surface area contributed by atoms with Gasteiger partial charge in [-0.15, -0.1) is 0 Å². The average Bonchev–Trinajstić information content (AvgIpc) is 2.45. The minimum Gasteiger partial charge on any atom is -0.494 e. The zero-order valence-electron chi connectivity index (χ0n) is 10.6. The highest BCUT2D eigenvalue weighted by atomic mass is 16.5. The van der Waals surface area contributed by atoms with Crippen LogP contribution in [0.1, 0.15) is 16.1 Å². The number of methoxy groups -OCH3 is 1. The number of ether oxygens (including phenoxy) is 1. The molecule has 98 valence electrons. The number of benzene rings is 1. The van der Waals surface area contributed by atoms with E-state index >= 15 is 0 Å². The molecule has 0 aliphatic heterocycles. The Hall–Kier alpha value is -2.56. The molecule has 0 spiro atoms. The highest BCUT2D eigenvalue weighted by Crippen LogP contribution is 2.14. The molecule has 1 amide bonds. The summed E-state index contributed by atoms with van der Waals surface area (Å²) in [5, 5.41) is 2.78. The first-order valence-corrected chi connectivity index (χ1v) is 5.82. The van der Waals surface area contributed by atoms with E-state index in [0.29, 0.717) is 18.0 Å². The minimum atomic E-state index is -0.278. The number of nitrogens with two attached hydrogens (primary N) is 1. The SMILES string of the molecule is COc1cccnc1C(=O)NCc1cccc(N)c1. The number of hydrogen-bond acceptors (Lipinski definition) is 4. The summed E-state index contributed by atoms with van der Waals surface area (Å²) in [6, 6.07) is 10.8. The Bertz CT molecular complexity index is 584. The van der Waals surface area contributed by atoms with Gasteiger partial charge in [-0.1, -0.05) is 12.1 Å². The van der Waals surface area contributed by atoms with Crippen LogP contribution in [-0.4, -0.2) is 18.0 Å². The second-order valence-electron chi connectivity index (χ2n) is 3.98. The fourth-order valence-electron chi connectivity index (χ4n) is 1.69. The fourth-order valence-corrected chi connectivity index (χ4v) is 1.69. The second kappa shape index (κ2) is 5.86. The Morgan fingerprint density at radius 1 is 1.37 bits per heavy atom. The van der Waals surface area contributed by atoms with E-state index in [9.17, 15) is 4.79 Å². The molecule has 19 heavy (non-hydrogen) atoms. The summed E-state index contributed by atoms with van der Waals surface area (Å²) in [5.74, 6) is 0.174. The summed E-state index contributed by atoms with van der Waals surface area (Å²) in [7, 11) is 1.51. The number of aromatic nitrogens is 1. The molecule has 0 fully saturated rings. The highest BCUT2D eigenvalue weighted by Gasteiger charge is 2.12. The predicted molar refractivity (Wildman–Crippen MR) is 72.8 cm³/mol. The molecule has 2 rings (SSSR count). The monoisotopic (exact) mass is 257 g/mol. The van der Waals surface area contributed by atoms with Crippen LogP contribution in [0, 0.1) is 0 Å². The van der Waals surface area contributed by atoms with Crippen LogP contribution in [-0.2, 0) is 6.54 Å². The molecule has 1 heterocycles. The smallest absolute Gasteiger partial charge is 0.274 e. The number of rotatable bonds is 4. The van der Waals surface area contributed by atoms with Crippen molar-refractivity contribution in [1.82, 2.24) is 10.3 Å². The molecule has 3 N–H and O–H groups in total. The summed E-state index contributed by atoms with van der Waals surface area (Å²) >= 11 is 0. The van der Waals surface area contributed by atoms with Gasteiger partial charge in [0.25, 0.3) is 5.91 Å². The fraction of sp³-hybridized carbons (Fsp3) is 0.143. The van der Waals surface area contributed by atoms with Crippen LogP contribution in [0.2, 0.25) is 0 Å². The van der Waals surface area contributed by atoms with Crippen LogP contribution in [0.15, 0.2) is 42.6 Å². The molecular formula is C14H15N3O2. The average molecular weight is 257 g/mol. The molecule has 2 aromatic rings. The van der Waals surface area contributed by atoms with Crippen molar-refractivity contribution >= 4 is 11.6 Å². The van der Waals surface area contributed by atoms with Gasteiger partial charge in [0.15, 0.2) is 5.69 Å². The van der Waals surface area contributed by atoms with Crippen LogP contribution in [0.5, 0.6) is 5.75 Å². The van der Waals surface area contributed by atoms with Gasteiger partial charge in [-0.25, -0.2) is 4.98 Å². The molecular weight excluding hydrogens is 242 g/mol. The molecule has 0 aliphatic carbocycles. The predicted octanol–water partition coefficient (Wildman–Crippen LogP) is 1.60. The van der Waals surface area contributed by atoms with E-state index in [2.05, 4.69) is 10.3 Å². The Morgan fingerprint density at radius 3 is 2.95 bits per heavy atom. The van der Waals surface area contributed by atoms with Crippen molar-refractivity contribution in [2.45, 2.75) is 6.54 Å². The van der Waals surface area contributed by atoms with Crippen molar-refractivity contribution in [3.63, 3.8) is 0 Å². The Balaban J connectivity index is 2.05. The maximum atomic E-state index is 12.0. The lowest BCUT2D eigenvalue weighted by atomic mass is 10.2. The minimum absolute atomic E-state index is 0.272. The standard InChI is InChI=1S/C14H15N3O2/c1-19-12-6-3-7-16-13(12)14(18)17-9-10-4-2-5-11(15)8-10/h2-8H,9,15H2,1H3,(H,17,18). The zero-order chi connectivity index (χ0) is 13.7. The number of anilines is 1. The van der Waals surface area contributed by atoms with Crippen LogP contribution in [0.4, 0.5) is 5.69 Å². The van der Waals surface area contributed by atoms with Crippen LogP contribution in [0.25, 0.3) is 0 Å². The van der Waals surface area contributed by atoms with Gasteiger partial charge in [0.05, 0.1) is 7.11 Å². The van der Waals surface area contributed by atoms with Crippen molar-refractivity contribution < 1.29 is 9.53 Å². The largest absolute Gasteiger partial charge is 0.494 e. The maximum absolute atomic E-state index is 12.0. The van der Waals surface area contributed by atoms with Crippen molar-refractivity contribution in [3.8, 4) is 5.75 Å². The molecule has 0 radical (unpaired) electrons. The van der Waals surface area contributed by atoms with Gasteiger partial charge in [-0.2, -0.15) is 0 Å². The number of carbonyl (C=O) groups is 1. The molecule has 5 heteroatoms. The Labute approximate surface area is 111 Å². The number of nitrogens with zero attached hydrogens (tertiary/aromatic N) is 1. The van der Waals surface area contributed by atoms with E-state index in [4.69, 9.17) is 10.5 Å². The molecule has 1 aromatic carbocycles. The summed E-state index contributed by atoms with van der Waals surface area (Å²) in [5.41, 5.74) is 7.55. The molecule has 0 saturated carbocycles. The molecule has 0 saturated heterocycles. The molecule has 5 nitrogen and oxygen atoms in total. The van der Waals surface area contributed by atoms with Gasteiger partial charge in [0, 0.05) is 18.4 Å². The summed E-state index contributed by atoms with van der Waals surface area (Å²) in [6.45, 7) is 0.392. The van der Waals surface area contributed by atoms with Crippen LogP contribution in [0.3, 0.4) is 0 Å². The van der Waals surface area contributed by atoms with Crippen molar-refractivity contribution in [3.05, 3.63) is 53.9 Å². The van der Waals surface area contributed by atoms with Crippen LogP contribution < -0.4 is 15.8 Å². The first-order valence-electron chi connectivity index (χ1n) is 5.82. The lowest BCUT2D eigenvalue weighted by molar-refractivity contribution is 0.0942. The maximum Gasteiger partial charge on any atom is 0.274 e. The third kappa shape index (κ3) is 3.22. The lowest BCUT2D eigenvalue weighted by Gasteiger charge is -2.08. The number of nitrogen functional groups attached to an aromatic ring is 1. The number of pyridine rings is 1. The van der Waals surface area contributed by atoms with Crippen molar-refractivity contribution in [1.29, 1.82) is 0 Å². The van der Waals surface area contributed by atoms with Gasteiger partial charge < -0.3 is 15.8 Å². The molecule has 0 aliphatic rings. The van der Waals surface area contributed by atoms with E-state index in [1.165, 1.54) is 7.11 Å². The van der Waals surface area contributed by atoms with Gasteiger partial charge >= 0.3 is 0 Å². The van der Waals surface area contributed by atoms with Gasteiger partial charge in [0.1, 0.15) is 5.75 Å². The second-order valence-corrected chi connectivity index (χ2v) is 3.98. The quantitative estimate of drug-likeness (QED) is 0.816. The number of hydrogen-bond donors (Lipinski definition) is 2. The van der Waals surface area contributed by atoms with E-state index in [1.807, 2.05) is 18.2 Å². The Morgan fingerprint density at radius 2 is 2.21 bits per heavy atom. The third-order valence-electron chi connectivity index (χ3n) is 2.61. The molecule has 0 atom stereocenters. The van der Waals surface area contributed by atoms with Gasteiger partial charge in [-0.05, 0) is 29.8 Å². The Kier molecular flexibility index (Phi) is 3.97. The summed E-state index contributed by atoms with van der Waals surface area (Å²) in [6.07, 6.45) is 1.55.